The number of rotatable bonds is 1. The summed E-state index contributed by atoms with van der Waals surface area (Å²) >= 11 is 0. The van der Waals surface area contributed by atoms with Crippen LogP contribution in [0.25, 0.3) is 0 Å². The lowest BCUT2D eigenvalue weighted by atomic mass is 9.76. The Kier molecular flexibility index (Phi) is 2.52. The van der Waals surface area contributed by atoms with Crippen molar-refractivity contribution in [3.63, 3.8) is 0 Å². The second kappa shape index (κ2) is 4.02. The molecule has 1 aliphatic heterocycles. The number of hydrogen-bond acceptors (Lipinski definition) is 2. The summed E-state index contributed by atoms with van der Waals surface area (Å²) in [6.07, 6.45) is 6.87. The van der Waals surface area contributed by atoms with Crippen molar-refractivity contribution in [2.24, 2.45) is 11.8 Å². The average molecular weight is 215 g/mol. The summed E-state index contributed by atoms with van der Waals surface area (Å²) in [5, 5.41) is 0. The van der Waals surface area contributed by atoms with Crippen molar-refractivity contribution in [3.05, 3.63) is 41.7 Å². The van der Waals surface area contributed by atoms with Gasteiger partial charge in [-0.3, -0.25) is 4.98 Å². The van der Waals surface area contributed by atoms with Gasteiger partial charge >= 0.3 is 0 Å². The summed E-state index contributed by atoms with van der Waals surface area (Å²) in [4.78, 5) is 4.43. The average Bonchev–Trinajstić information content (AvgIpc) is 2.36. The normalized spacial score (nSPS) is 33.3. The van der Waals surface area contributed by atoms with Crippen LogP contribution in [0, 0.1) is 11.8 Å². The van der Waals surface area contributed by atoms with E-state index in [1.165, 1.54) is 18.4 Å². The first-order valence-electron chi connectivity index (χ1n) is 6.04. The van der Waals surface area contributed by atoms with E-state index in [1.54, 1.807) is 0 Å². The summed E-state index contributed by atoms with van der Waals surface area (Å²) in [7, 11) is 0. The van der Waals surface area contributed by atoms with Crippen molar-refractivity contribution in [1.82, 2.24) is 4.98 Å². The highest BCUT2D eigenvalue weighted by molar-refractivity contribution is 5.18. The fourth-order valence-electron chi connectivity index (χ4n) is 2.84. The van der Waals surface area contributed by atoms with Gasteiger partial charge in [-0.05, 0) is 37.8 Å². The van der Waals surface area contributed by atoms with Gasteiger partial charge in [0.05, 0.1) is 12.3 Å². The molecule has 0 N–H and O–H groups in total. The zero-order chi connectivity index (χ0) is 11.0. The van der Waals surface area contributed by atoms with Crippen LogP contribution in [0.4, 0.5) is 0 Å². The molecule has 0 saturated carbocycles. The minimum absolute atomic E-state index is 0.175. The van der Waals surface area contributed by atoms with Crippen LogP contribution in [0.2, 0.25) is 0 Å². The largest absolute Gasteiger partial charge is 0.371 e. The molecule has 1 aromatic rings. The van der Waals surface area contributed by atoms with E-state index in [0.717, 1.165) is 18.2 Å². The molecule has 1 aromatic heterocycles. The van der Waals surface area contributed by atoms with Crippen LogP contribution in [0.1, 0.15) is 31.6 Å². The molecule has 2 heteroatoms. The molecule has 16 heavy (non-hydrogen) atoms. The monoisotopic (exact) mass is 215 g/mol. The number of ether oxygens (including phenoxy) is 1. The molecule has 84 valence electrons. The first kappa shape index (κ1) is 10.0. The molecule has 0 amide bonds. The van der Waals surface area contributed by atoms with Crippen molar-refractivity contribution in [2.45, 2.75) is 25.9 Å². The molecule has 1 aliphatic carbocycles. The molecule has 0 unspecified atom stereocenters. The number of fused-ring (bicyclic) bond motifs is 2. The third kappa shape index (κ3) is 1.67. The Morgan fingerprint density at radius 2 is 2.31 bits per heavy atom. The molecular formula is C14H17NO. The number of nitrogens with zero attached hydrogens (tertiary/aromatic N) is 1. The standard InChI is InChI=1S/C14H17NO/c1-10-5-6-11-8-12(10)14(16-9-11)13-4-2-3-7-15-13/h2-5,7,11-12,14H,6,8-9H2,1H3/t11-,12+,14+/m1/s1. The van der Waals surface area contributed by atoms with E-state index < -0.39 is 0 Å². The molecule has 2 nitrogen and oxygen atoms in total. The number of aromatic nitrogens is 1. The summed E-state index contributed by atoms with van der Waals surface area (Å²) in [5.41, 5.74) is 2.56. The maximum Gasteiger partial charge on any atom is 0.106 e. The fraction of sp³-hybridized carbons (Fsp3) is 0.500. The first-order valence-corrected chi connectivity index (χ1v) is 6.04. The lowest BCUT2D eigenvalue weighted by Gasteiger charge is -2.39. The molecule has 0 spiro atoms. The summed E-state index contributed by atoms with van der Waals surface area (Å²) in [6, 6.07) is 6.07. The van der Waals surface area contributed by atoms with Gasteiger partial charge in [0, 0.05) is 12.1 Å². The zero-order valence-electron chi connectivity index (χ0n) is 9.60. The van der Waals surface area contributed by atoms with Gasteiger partial charge < -0.3 is 4.74 Å². The van der Waals surface area contributed by atoms with Crippen molar-refractivity contribution in [2.75, 3.05) is 6.61 Å². The Morgan fingerprint density at radius 3 is 3.12 bits per heavy atom. The van der Waals surface area contributed by atoms with E-state index in [2.05, 4.69) is 24.1 Å². The van der Waals surface area contributed by atoms with Crippen LogP contribution >= 0.6 is 0 Å². The third-order valence-electron chi connectivity index (χ3n) is 3.80. The van der Waals surface area contributed by atoms with E-state index in [1.807, 2.05) is 18.3 Å². The highest BCUT2D eigenvalue weighted by atomic mass is 16.5. The molecule has 0 radical (unpaired) electrons. The lowest BCUT2D eigenvalue weighted by molar-refractivity contribution is -0.0534. The minimum Gasteiger partial charge on any atom is -0.371 e. The Hall–Kier alpha value is -1.15. The SMILES string of the molecule is CC1=CC[C@H]2CO[C@H](c3ccccn3)[C@H]1C2. The van der Waals surface area contributed by atoms with Gasteiger partial charge in [-0.25, -0.2) is 0 Å². The lowest BCUT2D eigenvalue weighted by Crippen LogP contribution is -2.32. The highest BCUT2D eigenvalue weighted by Gasteiger charge is 2.35. The van der Waals surface area contributed by atoms with Gasteiger partial charge in [-0.15, -0.1) is 0 Å². The van der Waals surface area contributed by atoms with Crippen molar-refractivity contribution < 1.29 is 4.74 Å². The van der Waals surface area contributed by atoms with Crippen LogP contribution in [0.15, 0.2) is 36.0 Å². The molecule has 2 heterocycles. The third-order valence-corrected chi connectivity index (χ3v) is 3.80. The zero-order valence-corrected chi connectivity index (χ0v) is 9.60. The van der Waals surface area contributed by atoms with Gasteiger partial charge in [0.1, 0.15) is 6.10 Å². The van der Waals surface area contributed by atoms with Gasteiger partial charge in [0.2, 0.25) is 0 Å². The van der Waals surface area contributed by atoms with E-state index in [0.29, 0.717) is 5.92 Å². The van der Waals surface area contributed by atoms with Crippen LogP contribution in [-0.4, -0.2) is 11.6 Å². The van der Waals surface area contributed by atoms with Gasteiger partial charge in [-0.2, -0.15) is 0 Å². The fourth-order valence-corrected chi connectivity index (χ4v) is 2.84. The summed E-state index contributed by atoms with van der Waals surface area (Å²) in [5.74, 6) is 1.27. The molecule has 3 rings (SSSR count). The predicted octanol–water partition coefficient (Wildman–Crippen LogP) is 3.13. The minimum atomic E-state index is 0.175. The van der Waals surface area contributed by atoms with E-state index in [9.17, 15) is 0 Å². The van der Waals surface area contributed by atoms with Crippen LogP contribution in [0.3, 0.4) is 0 Å². The molecule has 3 atom stereocenters. The van der Waals surface area contributed by atoms with E-state index >= 15 is 0 Å². The summed E-state index contributed by atoms with van der Waals surface area (Å²) in [6.45, 7) is 3.12. The molecule has 0 aromatic carbocycles. The Labute approximate surface area is 96.3 Å². The van der Waals surface area contributed by atoms with Gasteiger partial charge in [0.25, 0.3) is 0 Å². The molecular weight excluding hydrogens is 198 g/mol. The second-order valence-corrected chi connectivity index (χ2v) is 4.90. The Bertz CT molecular complexity index is 398. The van der Waals surface area contributed by atoms with E-state index in [-0.39, 0.29) is 6.10 Å². The molecule has 2 aliphatic rings. The van der Waals surface area contributed by atoms with E-state index in [4.69, 9.17) is 4.74 Å². The number of hydrogen-bond donors (Lipinski definition) is 0. The summed E-state index contributed by atoms with van der Waals surface area (Å²) < 4.78 is 6.00. The predicted molar refractivity (Wildman–Crippen MR) is 62.9 cm³/mol. The van der Waals surface area contributed by atoms with Crippen molar-refractivity contribution >= 4 is 0 Å². The topological polar surface area (TPSA) is 22.1 Å². The maximum atomic E-state index is 6.00. The number of pyridine rings is 1. The van der Waals surface area contributed by atoms with Crippen LogP contribution in [-0.2, 0) is 4.74 Å². The molecule has 1 saturated heterocycles. The Morgan fingerprint density at radius 1 is 1.38 bits per heavy atom. The first-order chi connectivity index (χ1) is 7.84. The highest BCUT2D eigenvalue weighted by Crippen LogP contribution is 2.43. The maximum absolute atomic E-state index is 6.00. The van der Waals surface area contributed by atoms with Crippen molar-refractivity contribution in [1.29, 1.82) is 0 Å². The quantitative estimate of drug-likeness (QED) is 0.671. The van der Waals surface area contributed by atoms with Crippen LogP contribution in [0.5, 0.6) is 0 Å². The number of allylic oxidation sites excluding steroid dienone is 1. The Balaban J connectivity index is 1.91. The molecule has 2 bridgehead atoms. The van der Waals surface area contributed by atoms with Gasteiger partial charge in [0.15, 0.2) is 0 Å². The molecule has 1 fully saturated rings. The smallest absolute Gasteiger partial charge is 0.106 e. The second-order valence-electron chi connectivity index (χ2n) is 4.90. The van der Waals surface area contributed by atoms with Gasteiger partial charge in [-0.1, -0.05) is 17.7 Å². The van der Waals surface area contributed by atoms with Crippen molar-refractivity contribution in [3.8, 4) is 0 Å². The van der Waals surface area contributed by atoms with Crippen LogP contribution < -0.4 is 0 Å².